The lowest BCUT2D eigenvalue weighted by Gasteiger charge is -2.22. The number of ether oxygens (including phenoxy) is 1. The molecule has 2 aromatic carbocycles. The highest BCUT2D eigenvalue weighted by Gasteiger charge is 2.23. The third-order valence-corrected chi connectivity index (χ3v) is 6.87. The molecule has 0 saturated carbocycles. The summed E-state index contributed by atoms with van der Waals surface area (Å²) in [6.45, 7) is 2.64. The van der Waals surface area contributed by atoms with Gasteiger partial charge in [0.05, 0.1) is 43.5 Å². The van der Waals surface area contributed by atoms with E-state index >= 15 is 0 Å². The van der Waals surface area contributed by atoms with E-state index in [2.05, 4.69) is 15.4 Å². The number of halogens is 1. The van der Waals surface area contributed by atoms with Crippen LogP contribution in [0.1, 0.15) is 33.0 Å². The average Bonchev–Trinajstić information content (AvgIpc) is 3.24. The van der Waals surface area contributed by atoms with E-state index in [-0.39, 0.29) is 18.2 Å². The molecule has 3 heterocycles. The highest BCUT2D eigenvalue weighted by molar-refractivity contribution is 6.30. The minimum atomic E-state index is -0.226. The van der Waals surface area contributed by atoms with Gasteiger partial charge in [-0.3, -0.25) is 29.5 Å². The quantitative estimate of drug-likeness (QED) is 0.247. The summed E-state index contributed by atoms with van der Waals surface area (Å²) in [5, 5.41) is 3.12. The van der Waals surface area contributed by atoms with Crippen LogP contribution < -0.4 is 10.2 Å². The highest BCUT2D eigenvalue weighted by atomic mass is 35.5. The number of carbonyl (C=O) groups is 2. The third kappa shape index (κ3) is 6.03. The lowest BCUT2D eigenvalue weighted by Crippen LogP contribution is -2.42. The maximum absolute atomic E-state index is 13.6. The van der Waals surface area contributed by atoms with Crippen molar-refractivity contribution in [3.63, 3.8) is 0 Å². The first kappa shape index (κ1) is 27.1. The van der Waals surface area contributed by atoms with Gasteiger partial charge in [0.15, 0.2) is 0 Å². The first-order chi connectivity index (χ1) is 19.4. The second-order valence-corrected chi connectivity index (χ2v) is 9.74. The Kier molecular flexibility index (Phi) is 8.19. The summed E-state index contributed by atoms with van der Waals surface area (Å²) < 4.78 is 7.09. The van der Waals surface area contributed by atoms with Crippen molar-refractivity contribution < 1.29 is 14.3 Å². The Morgan fingerprint density at radius 1 is 0.925 bits per heavy atom. The third-order valence-electron chi connectivity index (χ3n) is 6.61. The lowest BCUT2D eigenvalue weighted by molar-refractivity contribution is -0.125. The van der Waals surface area contributed by atoms with Crippen LogP contribution >= 0.6 is 11.6 Å². The molecule has 0 bridgehead atoms. The summed E-state index contributed by atoms with van der Waals surface area (Å²) >= 11 is 6.04. The van der Waals surface area contributed by atoms with Crippen molar-refractivity contribution in [1.29, 1.82) is 0 Å². The maximum atomic E-state index is 13.6. The van der Waals surface area contributed by atoms with Crippen LogP contribution in [0.4, 0.5) is 0 Å². The van der Waals surface area contributed by atoms with Gasteiger partial charge in [-0.05, 0) is 79.2 Å². The summed E-state index contributed by atoms with van der Waals surface area (Å²) in [5.74, 6) is 0.205. The van der Waals surface area contributed by atoms with Gasteiger partial charge in [0.2, 0.25) is 5.91 Å². The van der Waals surface area contributed by atoms with Crippen molar-refractivity contribution in [2.45, 2.75) is 26.4 Å². The van der Waals surface area contributed by atoms with E-state index in [1.807, 2.05) is 55.5 Å². The molecule has 202 valence electrons. The number of rotatable bonds is 9. The van der Waals surface area contributed by atoms with Crippen LogP contribution in [-0.2, 0) is 24.3 Å². The Bertz CT molecular complexity index is 1600. The van der Waals surface area contributed by atoms with Crippen molar-refractivity contribution >= 4 is 34.3 Å². The molecule has 0 unspecified atom stereocenters. The fraction of sp³-hybridized carbons (Fsp3) is 0.161. The van der Waals surface area contributed by atoms with E-state index < -0.39 is 0 Å². The predicted octanol–water partition coefficient (Wildman–Crippen LogP) is 5.37. The van der Waals surface area contributed by atoms with Crippen LogP contribution in [0.15, 0.2) is 91.3 Å². The number of fused-ring (bicyclic) bond motifs is 1. The number of aromatic nitrogens is 3. The van der Waals surface area contributed by atoms with E-state index in [4.69, 9.17) is 16.3 Å². The molecule has 0 saturated heterocycles. The number of hydrazine groups is 1. The predicted molar refractivity (Wildman–Crippen MR) is 154 cm³/mol. The first-order valence-corrected chi connectivity index (χ1v) is 13.1. The van der Waals surface area contributed by atoms with Gasteiger partial charge in [0.25, 0.3) is 5.91 Å². The van der Waals surface area contributed by atoms with Crippen molar-refractivity contribution in [3.05, 3.63) is 124 Å². The molecule has 0 aliphatic rings. The van der Waals surface area contributed by atoms with E-state index in [1.54, 1.807) is 59.4 Å². The molecule has 5 aromatic rings. The molecule has 0 spiro atoms. The number of pyridine rings is 2. The zero-order chi connectivity index (χ0) is 28.1. The number of benzene rings is 2. The van der Waals surface area contributed by atoms with E-state index in [1.165, 1.54) is 0 Å². The molecule has 3 aromatic heterocycles. The summed E-state index contributed by atoms with van der Waals surface area (Å²) in [5.41, 5.74) is 7.26. The lowest BCUT2D eigenvalue weighted by atomic mass is 10.1. The molecular weight excluding hydrogens is 526 g/mol. The van der Waals surface area contributed by atoms with Gasteiger partial charge >= 0.3 is 0 Å². The number of nitrogens with one attached hydrogen (secondary N) is 1. The fourth-order valence-corrected chi connectivity index (χ4v) is 4.81. The minimum absolute atomic E-state index is 0.0529. The van der Waals surface area contributed by atoms with Gasteiger partial charge in [0, 0.05) is 34.1 Å². The highest BCUT2D eigenvalue weighted by Crippen LogP contribution is 2.31. The van der Waals surface area contributed by atoms with E-state index in [0.29, 0.717) is 40.6 Å². The van der Waals surface area contributed by atoms with Gasteiger partial charge in [-0.2, -0.15) is 0 Å². The smallest absolute Gasteiger partial charge is 0.262 e. The molecule has 8 nitrogen and oxygen atoms in total. The molecular formula is C31H28ClN5O3. The van der Waals surface area contributed by atoms with Crippen LogP contribution in [0.25, 0.3) is 10.9 Å². The van der Waals surface area contributed by atoms with Gasteiger partial charge in [0.1, 0.15) is 5.75 Å². The number of carbonyl (C=O) groups excluding carboxylic acids is 2. The Hall–Kier alpha value is -4.53. The normalized spacial score (nSPS) is 11.1. The fourth-order valence-electron chi connectivity index (χ4n) is 4.68. The zero-order valence-electron chi connectivity index (χ0n) is 22.2. The van der Waals surface area contributed by atoms with Crippen LogP contribution in [0, 0.1) is 6.92 Å². The minimum Gasteiger partial charge on any atom is -0.497 e. The second kappa shape index (κ2) is 12.1. The van der Waals surface area contributed by atoms with Crippen LogP contribution in [-0.4, -0.2) is 38.5 Å². The van der Waals surface area contributed by atoms with Crippen molar-refractivity contribution in [2.24, 2.45) is 0 Å². The molecule has 0 atom stereocenters. The van der Waals surface area contributed by atoms with E-state index in [0.717, 1.165) is 22.3 Å². The largest absolute Gasteiger partial charge is 0.497 e. The van der Waals surface area contributed by atoms with Gasteiger partial charge in [-0.25, -0.2) is 5.01 Å². The number of methoxy groups -OCH3 is 1. The summed E-state index contributed by atoms with van der Waals surface area (Å²) in [6, 6.07) is 23.6. The molecule has 40 heavy (non-hydrogen) atoms. The zero-order valence-corrected chi connectivity index (χ0v) is 22.9. The van der Waals surface area contributed by atoms with Crippen molar-refractivity contribution in [2.75, 3.05) is 7.11 Å². The van der Waals surface area contributed by atoms with E-state index in [9.17, 15) is 9.59 Å². The Morgan fingerprint density at radius 2 is 1.57 bits per heavy atom. The SMILES string of the molecule is COc1ccc2c(c1)c(CC(=O)NN(Cc1ccccn1)Cc1ccccn1)c(C)n2C(=O)c1ccc(Cl)cc1. The first-order valence-electron chi connectivity index (χ1n) is 12.8. The molecule has 5 rings (SSSR count). The Morgan fingerprint density at radius 3 is 2.15 bits per heavy atom. The monoisotopic (exact) mass is 553 g/mol. The van der Waals surface area contributed by atoms with Crippen LogP contribution in [0.2, 0.25) is 5.02 Å². The standard InChI is InChI=1S/C31H28ClN5O3/c1-21-27(18-30(38)35-36(19-24-7-3-5-15-33-24)20-25-8-4-6-16-34-25)28-17-26(40-2)13-14-29(28)37(21)31(39)22-9-11-23(32)12-10-22/h3-17H,18-20H2,1-2H3,(H,35,38). The molecule has 9 heteroatoms. The Balaban J connectivity index is 1.46. The van der Waals surface area contributed by atoms with Crippen LogP contribution in [0.5, 0.6) is 5.75 Å². The van der Waals surface area contributed by atoms with Crippen LogP contribution in [0.3, 0.4) is 0 Å². The molecule has 0 aliphatic carbocycles. The molecule has 1 N–H and O–H groups in total. The topological polar surface area (TPSA) is 89.3 Å². The number of hydrogen-bond acceptors (Lipinski definition) is 6. The van der Waals surface area contributed by atoms with Gasteiger partial charge in [-0.1, -0.05) is 23.7 Å². The number of nitrogens with zero attached hydrogens (tertiary/aromatic N) is 4. The summed E-state index contributed by atoms with van der Waals surface area (Å²) in [7, 11) is 1.59. The number of hydrogen-bond donors (Lipinski definition) is 1. The number of amides is 1. The second-order valence-electron chi connectivity index (χ2n) is 9.30. The summed E-state index contributed by atoms with van der Waals surface area (Å²) in [4.78, 5) is 35.9. The molecule has 0 aliphatic heterocycles. The van der Waals surface area contributed by atoms with Gasteiger partial charge < -0.3 is 4.74 Å². The van der Waals surface area contributed by atoms with Gasteiger partial charge in [-0.15, -0.1) is 0 Å². The summed E-state index contributed by atoms with van der Waals surface area (Å²) in [6.07, 6.45) is 3.50. The average molecular weight is 554 g/mol. The van der Waals surface area contributed by atoms with Crippen molar-refractivity contribution in [3.8, 4) is 5.75 Å². The molecule has 0 fully saturated rings. The van der Waals surface area contributed by atoms with Crippen molar-refractivity contribution in [1.82, 2.24) is 25.0 Å². The Labute approximate surface area is 237 Å². The molecule has 0 radical (unpaired) electrons. The maximum Gasteiger partial charge on any atom is 0.262 e. The molecule has 1 amide bonds.